The first kappa shape index (κ1) is 22.9. The predicted octanol–water partition coefficient (Wildman–Crippen LogP) is 2.37. The number of sulfonamides is 1. The van der Waals surface area contributed by atoms with E-state index in [1.807, 2.05) is 19.1 Å². The first-order valence-electron chi connectivity index (χ1n) is 9.35. The van der Waals surface area contributed by atoms with Crippen molar-refractivity contribution in [2.45, 2.75) is 51.9 Å². The van der Waals surface area contributed by atoms with Crippen molar-refractivity contribution in [2.24, 2.45) is 0 Å². The van der Waals surface area contributed by atoms with Crippen LogP contribution < -0.4 is 14.8 Å². The molecule has 0 aliphatic carbocycles. The lowest BCUT2D eigenvalue weighted by Gasteiger charge is -2.23. The molecule has 8 nitrogen and oxygen atoms in total. The second kappa shape index (κ2) is 8.96. The Kier molecular flexibility index (Phi) is 7.07. The van der Waals surface area contributed by atoms with Gasteiger partial charge in [-0.15, -0.1) is 0 Å². The summed E-state index contributed by atoms with van der Waals surface area (Å²) in [5.74, 6) is 0.555. The number of carbonyl (C=O) groups excluding carboxylic acids is 1. The molecule has 2 aromatic rings. The highest BCUT2D eigenvalue weighted by Gasteiger charge is 2.23. The molecule has 1 aromatic heterocycles. The van der Waals surface area contributed by atoms with E-state index in [4.69, 9.17) is 9.26 Å². The summed E-state index contributed by atoms with van der Waals surface area (Å²) < 4.78 is 37.6. The summed E-state index contributed by atoms with van der Waals surface area (Å²) >= 11 is 0. The van der Waals surface area contributed by atoms with Crippen LogP contribution in [0.5, 0.6) is 5.75 Å². The lowest BCUT2D eigenvalue weighted by atomic mass is 9.85. The van der Waals surface area contributed by atoms with Gasteiger partial charge < -0.3 is 14.6 Å². The van der Waals surface area contributed by atoms with Gasteiger partial charge in [0.1, 0.15) is 16.3 Å². The fourth-order valence-electron chi connectivity index (χ4n) is 2.87. The third kappa shape index (κ3) is 6.04. The Morgan fingerprint density at radius 1 is 1.17 bits per heavy atom. The molecule has 1 amide bonds. The summed E-state index contributed by atoms with van der Waals surface area (Å²) in [7, 11) is -3.75. The normalized spacial score (nSPS) is 12.1. The molecule has 0 atom stereocenters. The molecule has 0 spiro atoms. The van der Waals surface area contributed by atoms with Gasteiger partial charge in [0, 0.05) is 13.1 Å². The summed E-state index contributed by atoms with van der Waals surface area (Å²) in [6.45, 7) is 11.4. The third-order valence-electron chi connectivity index (χ3n) is 4.28. The van der Waals surface area contributed by atoms with Crippen LogP contribution in [0.3, 0.4) is 0 Å². The zero-order valence-electron chi connectivity index (χ0n) is 17.8. The molecule has 0 unspecified atom stereocenters. The minimum atomic E-state index is -3.75. The molecule has 29 heavy (non-hydrogen) atoms. The molecule has 160 valence electrons. The van der Waals surface area contributed by atoms with Gasteiger partial charge in [0.05, 0.1) is 0 Å². The van der Waals surface area contributed by atoms with Gasteiger partial charge in [-0.05, 0) is 37.8 Å². The Morgan fingerprint density at radius 2 is 1.86 bits per heavy atom. The molecular weight excluding hydrogens is 394 g/mol. The fourth-order valence-corrected chi connectivity index (χ4v) is 4.22. The lowest BCUT2D eigenvalue weighted by Crippen LogP contribution is -2.37. The number of ether oxygens (including phenoxy) is 1. The van der Waals surface area contributed by atoms with Crippen LogP contribution in [0.2, 0.25) is 0 Å². The van der Waals surface area contributed by atoms with E-state index in [0.717, 1.165) is 11.1 Å². The highest BCUT2D eigenvalue weighted by Crippen LogP contribution is 2.32. The van der Waals surface area contributed by atoms with Crippen molar-refractivity contribution < 1.29 is 22.5 Å². The number of rotatable bonds is 8. The second-order valence-corrected chi connectivity index (χ2v) is 9.64. The molecule has 0 saturated heterocycles. The first-order chi connectivity index (χ1) is 13.4. The van der Waals surface area contributed by atoms with Gasteiger partial charge >= 0.3 is 0 Å². The van der Waals surface area contributed by atoms with Crippen molar-refractivity contribution in [3.8, 4) is 5.75 Å². The third-order valence-corrected chi connectivity index (χ3v) is 5.98. The fraction of sp³-hybridized carbons (Fsp3) is 0.500. The van der Waals surface area contributed by atoms with Gasteiger partial charge in [0.2, 0.25) is 10.0 Å². The predicted molar refractivity (Wildman–Crippen MR) is 110 cm³/mol. The van der Waals surface area contributed by atoms with Gasteiger partial charge in [-0.3, -0.25) is 4.79 Å². The van der Waals surface area contributed by atoms with Crippen molar-refractivity contribution in [3.63, 3.8) is 0 Å². The van der Waals surface area contributed by atoms with Crippen LogP contribution in [0, 0.1) is 20.8 Å². The van der Waals surface area contributed by atoms with E-state index in [9.17, 15) is 13.2 Å². The molecule has 9 heteroatoms. The minimum Gasteiger partial charge on any atom is -0.483 e. The van der Waals surface area contributed by atoms with Crippen LogP contribution in [-0.2, 0) is 20.2 Å². The molecule has 0 aliphatic rings. The second-order valence-electron chi connectivity index (χ2n) is 7.94. The van der Waals surface area contributed by atoms with E-state index in [1.54, 1.807) is 6.92 Å². The van der Waals surface area contributed by atoms with Gasteiger partial charge in [-0.1, -0.05) is 43.6 Å². The van der Waals surface area contributed by atoms with E-state index in [1.165, 1.54) is 6.92 Å². The highest BCUT2D eigenvalue weighted by molar-refractivity contribution is 7.89. The average Bonchev–Trinajstić information content (AvgIpc) is 2.96. The van der Waals surface area contributed by atoms with Gasteiger partial charge in [0.25, 0.3) is 5.91 Å². The van der Waals surface area contributed by atoms with Crippen molar-refractivity contribution >= 4 is 15.9 Å². The van der Waals surface area contributed by atoms with E-state index in [2.05, 4.69) is 42.0 Å². The maximum Gasteiger partial charge on any atom is 0.257 e. The summed E-state index contributed by atoms with van der Waals surface area (Å²) in [5, 5.41) is 6.28. The molecule has 1 aromatic carbocycles. The highest BCUT2D eigenvalue weighted by atomic mass is 32.2. The number of carbonyl (C=O) groups is 1. The number of nitrogens with zero attached hydrogens (tertiary/aromatic N) is 1. The molecule has 0 radical (unpaired) electrons. The van der Waals surface area contributed by atoms with Crippen LogP contribution in [0.15, 0.2) is 27.6 Å². The Morgan fingerprint density at radius 3 is 2.45 bits per heavy atom. The quantitative estimate of drug-likeness (QED) is 0.631. The Hall–Kier alpha value is -2.39. The smallest absolute Gasteiger partial charge is 0.257 e. The van der Waals surface area contributed by atoms with E-state index in [0.29, 0.717) is 11.4 Å². The lowest BCUT2D eigenvalue weighted by molar-refractivity contribution is -0.123. The number of benzene rings is 1. The monoisotopic (exact) mass is 423 g/mol. The number of nitrogens with one attached hydrogen (secondary N) is 2. The summed E-state index contributed by atoms with van der Waals surface area (Å²) in [6.07, 6.45) is 0. The average molecular weight is 424 g/mol. The van der Waals surface area contributed by atoms with Crippen LogP contribution in [0.25, 0.3) is 0 Å². The molecule has 1 heterocycles. The standard InChI is InChI=1S/C20H29N3O5S/c1-13-7-8-17(16(11-13)20(4,5)6)27-12-18(24)21-9-10-22-29(25,26)19-14(2)23-28-15(19)3/h7-8,11,22H,9-10,12H2,1-6H3,(H,21,24). The molecule has 2 N–H and O–H groups in total. The van der Waals surface area contributed by atoms with Crippen LogP contribution in [0.4, 0.5) is 0 Å². The molecule has 0 saturated carbocycles. The number of aromatic nitrogens is 1. The topological polar surface area (TPSA) is 111 Å². The molecule has 0 fully saturated rings. The largest absolute Gasteiger partial charge is 0.483 e. The number of hydrogen-bond acceptors (Lipinski definition) is 6. The van der Waals surface area contributed by atoms with Crippen molar-refractivity contribution in [2.75, 3.05) is 19.7 Å². The molecule has 2 rings (SSSR count). The number of amides is 1. The summed E-state index contributed by atoms with van der Waals surface area (Å²) in [6, 6.07) is 5.85. The minimum absolute atomic E-state index is 0.0289. The Labute approximate surface area is 172 Å². The van der Waals surface area contributed by atoms with E-state index in [-0.39, 0.29) is 41.7 Å². The SMILES string of the molecule is Cc1ccc(OCC(=O)NCCNS(=O)(=O)c2c(C)noc2C)c(C(C)(C)C)c1. The Balaban J connectivity index is 1.84. The van der Waals surface area contributed by atoms with Crippen LogP contribution in [0.1, 0.15) is 43.4 Å². The van der Waals surface area contributed by atoms with Gasteiger partial charge in [-0.25, -0.2) is 13.1 Å². The van der Waals surface area contributed by atoms with Gasteiger partial charge in [-0.2, -0.15) is 0 Å². The number of aryl methyl sites for hydroxylation is 3. The number of hydrogen-bond donors (Lipinski definition) is 2. The molecule has 0 aliphatic heterocycles. The maximum atomic E-state index is 12.3. The van der Waals surface area contributed by atoms with Crippen LogP contribution >= 0.6 is 0 Å². The summed E-state index contributed by atoms with van der Waals surface area (Å²) in [4.78, 5) is 12.1. The van der Waals surface area contributed by atoms with E-state index >= 15 is 0 Å². The van der Waals surface area contributed by atoms with Gasteiger partial charge in [0.15, 0.2) is 12.4 Å². The maximum absolute atomic E-state index is 12.3. The van der Waals surface area contributed by atoms with Crippen LogP contribution in [-0.4, -0.2) is 39.2 Å². The van der Waals surface area contributed by atoms with E-state index < -0.39 is 10.0 Å². The van der Waals surface area contributed by atoms with Crippen molar-refractivity contribution in [1.82, 2.24) is 15.2 Å². The van der Waals surface area contributed by atoms with Crippen molar-refractivity contribution in [1.29, 1.82) is 0 Å². The molecular formula is C20H29N3O5S. The molecule has 0 bridgehead atoms. The van der Waals surface area contributed by atoms with Crippen molar-refractivity contribution in [3.05, 3.63) is 40.8 Å². The summed E-state index contributed by atoms with van der Waals surface area (Å²) in [5.41, 5.74) is 2.32. The Bertz CT molecular complexity index is 955. The first-order valence-corrected chi connectivity index (χ1v) is 10.8. The zero-order chi connectivity index (χ0) is 21.8. The zero-order valence-corrected chi connectivity index (χ0v) is 18.6.